The predicted molar refractivity (Wildman–Crippen MR) is 116 cm³/mol. The zero-order chi connectivity index (χ0) is 20.8. The fourth-order valence-corrected chi connectivity index (χ4v) is 4.18. The first-order valence-corrected chi connectivity index (χ1v) is 9.79. The van der Waals surface area contributed by atoms with E-state index in [1.165, 1.54) is 13.8 Å². The molecule has 0 saturated heterocycles. The molecule has 5 heteroatoms. The summed E-state index contributed by atoms with van der Waals surface area (Å²) in [5, 5.41) is 4.14. The number of carbonyl (C=O) groups is 2. The summed E-state index contributed by atoms with van der Waals surface area (Å²) in [5.41, 5.74) is 3.27. The molecule has 0 unspecified atom stereocenters. The topological polar surface area (TPSA) is 65.5 Å². The van der Waals surface area contributed by atoms with Crippen LogP contribution in [0.2, 0.25) is 0 Å². The van der Waals surface area contributed by atoms with Crippen molar-refractivity contribution in [3.63, 3.8) is 0 Å². The van der Waals surface area contributed by atoms with Crippen LogP contribution in [-0.4, -0.2) is 23.0 Å². The van der Waals surface area contributed by atoms with Crippen molar-refractivity contribution in [1.82, 2.24) is 4.98 Å². The number of fused-ring (bicyclic) bond motifs is 6. The average Bonchev–Trinajstić information content (AvgIpc) is 2.73. The highest BCUT2D eigenvalue weighted by Gasteiger charge is 2.33. The SMILES string of the molecule is CC(=O)O[C@@H]1c2c(ccc3cc4ccc5ccccc5c4nc23)C=C[C@H]1OC(C)=O. The summed E-state index contributed by atoms with van der Waals surface area (Å²) in [6.45, 7) is 2.69. The molecule has 1 aliphatic rings. The zero-order valence-corrected chi connectivity index (χ0v) is 16.6. The smallest absolute Gasteiger partial charge is 0.303 e. The number of hydrogen-bond acceptors (Lipinski definition) is 5. The van der Waals surface area contributed by atoms with Crippen LogP contribution in [0.3, 0.4) is 0 Å². The van der Waals surface area contributed by atoms with Crippen molar-refractivity contribution in [2.24, 2.45) is 0 Å². The fourth-order valence-electron chi connectivity index (χ4n) is 4.18. The Labute approximate surface area is 172 Å². The Balaban J connectivity index is 1.81. The lowest BCUT2D eigenvalue weighted by Crippen LogP contribution is -2.29. The van der Waals surface area contributed by atoms with Crippen LogP contribution in [0.15, 0.2) is 60.7 Å². The molecule has 0 bridgehead atoms. The van der Waals surface area contributed by atoms with Crippen molar-refractivity contribution < 1.29 is 19.1 Å². The normalized spacial score (nSPS) is 17.8. The van der Waals surface area contributed by atoms with Crippen molar-refractivity contribution in [2.45, 2.75) is 26.1 Å². The van der Waals surface area contributed by atoms with Gasteiger partial charge < -0.3 is 9.47 Å². The molecule has 5 nitrogen and oxygen atoms in total. The number of carbonyl (C=O) groups excluding carboxylic acids is 2. The second-order valence-corrected chi connectivity index (χ2v) is 7.45. The molecular formula is C25H19NO4. The lowest BCUT2D eigenvalue weighted by Gasteiger charge is -2.29. The highest BCUT2D eigenvalue weighted by molar-refractivity contribution is 6.09. The monoisotopic (exact) mass is 397 g/mol. The van der Waals surface area contributed by atoms with Gasteiger partial charge in [-0.1, -0.05) is 54.6 Å². The summed E-state index contributed by atoms with van der Waals surface area (Å²) in [5.74, 6) is -0.878. The molecule has 3 aromatic carbocycles. The van der Waals surface area contributed by atoms with Crippen molar-refractivity contribution >= 4 is 50.6 Å². The van der Waals surface area contributed by atoms with Crippen LogP contribution in [-0.2, 0) is 19.1 Å². The molecule has 0 saturated carbocycles. The summed E-state index contributed by atoms with van der Waals surface area (Å²) in [4.78, 5) is 28.5. The maximum absolute atomic E-state index is 11.9. The largest absolute Gasteiger partial charge is 0.454 e. The van der Waals surface area contributed by atoms with E-state index >= 15 is 0 Å². The molecular weight excluding hydrogens is 378 g/mol. The van der Waals surface area contributed by atoms with Crippen LogP contribution in [0.25, 0.3) is 38.7 Å². The first-order valence-electron chi connectivity index (χ1n) is 9.79. The minimum atomic E-state index is -0.755. The molecule has 4 aromatic rings. The Bertz CT molecular complexity index is 1370. The van der Waals surface area contributed by atoms with Gasteiger partial charge in [0, 0.05) is 35.6 Å². The molecule has 0 N–H and O–H groups in total. The van der Waals surface area contributed by atoms with Gasteiger partial charge >= 0.3 is 11.9 Å². The van der Waals surface area contributed by atoms with E-state index in [0.29, 0.717) is 0 Å². The lowest BCUT2D eigenvalue weighted by molar-refractivity contribution is -0.162. The zero-order valence-electron chi connectivity index (χ0n) is 16.6. The minimum absolute atomic E-state index is 0.435. The number of rotatable bonds is 2. The summed E-state index contributed by atoms with van der Waals surface area (Å²) >= 11 is 0. The molecule has 0 aliphatic heterocycles. The molecule has 148 valence electrons. The standard InChI is InChI=1S/C25H19NO4/c1-14(27)29-21-12-11-17-8-10-19-13-18-9-7-16-5-3-4-6-20(16)23(18)26-24(19)22(17)25(21)30-15(2)28/h3-13,21,25H,1-2H3/t21-,25+/m1/s1. The van der Waals surface area contributed by atoms with Crippen LogP contribution in [0.4, 0.5) is 0 Å². The first kappa shape index (κ1) is 18.3. The van der Waals surface area contributed by atoms with Crippen molar-refractivity contribution in [1.29, 1.82) is 0 Å². The molecule has 30 heavy (non-hydrogen) atoms. The van der Waals surface area contributed by atoms with Gasteiger partial charge in [0.1, 0.15) is 0 Å². The average molecular weight is 397 g/mol. The van der Waals surface area contributed by atoms with Crippen LogP contribution in [0.1, 0.15) is 31.1 Å². The molecule has 2 atom stereocenters. The lowest BCUT2D eigenvalue weighted by atomic mass is 9.89. The number of ether oxygens (including phenoxy) is 2. The third kappa shape index (κ3) is 2.99. The van der Waals surface area contributed by atoms with Gasteiger partial charge in [-0.15, -0.1) is 0 Å². The highest BCUT2D eigenvalue weighted by Crippen LogP contribution is 2.39. The van der Waals surface area contributed by atoms with Gasteiger partial charge in [0.2, 0.25) is 0 Å². The molecule has 5 rings (SSSR count). The summed E-state index contributed by atoms with van der Waals surface area (Å²) in [6.07, 6.45) is 2.18. The summed E-state index contributed by atoms with van der Waals surface area (Å²) < 4.78 is 11.1. The van der Waals surface area contributed by atoms with Gasteiger partial charge in [0.25, 0.3) is 0 Å². The first-order chi connectivity index (χ1) is 14.5. The van der Waals surface area contributed by atoms with Gasteiger partial charge in [-0.3, -0.25) is 9.59 Å². The molecule has 1 heterocycles. The van der Waals surface area contributed by atoms with E-state index in [-0.39, 0.29) is 0 Å². The number of nitrogens with zero attached hydrogens (tertiary/aromatic N) is 1. The summed E-state index contributed by atoms with van der Waals surface area (Å²) in [6, 6.07) is 18.3. The van der Waals surface area contributed by atoms with E-state index in [1.54, 1.807) is 6.08 Å². The Hall–Kier alpha value is -3.73. The summed E-state index contributed by atoms with van der Waals surface area (Å²) in [7, 11) is 0. The third-order valence-electron chi connectivity index (χ3n) is 5.39. The quantitative estimate of drug-likeness (QED) is 0.267. The number of esters is 2. The minimum Gasteiger partial charge on any atom is -0.454 e. The predicted octanol–water partition coefficient (Wildman–Crippen LogP) is 5.10. The molecule has 1 aromatic heterocycles. The number of pyridine rings is 1. The number of aromatic nitrogens is 1. The van der Waals surface area contributed by atoms with E-state index < -0.39 is 24.1 Å². The van der Waals surface area contributed by atoms with E-state index in [9.17, 15) is 9.59 Å². The van der Waals surface area contributed by atoms with Gasteiger partial charge in [-0.25, -0.2) is 4.98 Å². The Morgan fingerprint density at radius 3 is 2.33 bits per heavy atom. The second kappa shape index (κ2) is 6.95. The highest BCUT2D eigenvalue weighted by atomic mass is 16.6. The van der Waals surface area contributed by atoms with Crippen molar-refractivity contribution in [3.05, 3.63) is 71.8 Å². The fraction of sp³-hybridized carbons (Fsp3) is 0.160. The molecule has 0 spiro atoms. The van der Waals surface area contributed by atoms with Crippen LogP contribution in [0.5, 0.6) is 0 Å². The number of benzene rings is 3. The molecule has 0 radical (unpaired) electrons. The van der Waals surface area contributed by atoms with Crippen LogP contribution >= 0.6 is 0 Å². The number of hydrogen-bond donors (Lipinski definition) is 0. The Morgan fingerprint density at radius 2 is 1.53 bits per heavy atom. The molecule has 1 aliphatic carbocycles. The van der Waals surface area contributed by atoms with E-state index in [4.69, 9.17) is 14.5 Å². The second-order valence-electron chi connectivity index (χ2n) is 7.45. The molecule has 0 amide bonds. The molecule has 0 fully saturated rings. The Morgan fingerprint density at radius 1 is 0.833 bits per heavy atom. The van der Waals surface area contributed by atoms with Crippen molar-refractivity contribution in [2.75, 3.05) is 0 Å². The van der Waals surface area contributed by atoms with Crippen LogP contribution in [0, 0.1) is 0 Å². The maximum atomic E-state index is 11.9. The van der Waals surface area contributed by atoms with Gasteiger partial charge in [0.05, 0.1) is 11.0 Å². The van der Waals surface area contributed by atoms with Gasteiger partial charge in [0.15, 0.2) is 12.2 Å². The Kier molecular flexibility index (Phi) is 4.24. The van der Waals surface area contributed by atoms with E-state index in [1.807, 2.05) is 30.3 Å². The van der Waals surface area contributed by atoms with Gasteiger partial charge in [-0.05, 0) is 23.1 Å². The third-order valence-corrected chi connectivity index (χ3v) is 5.39. The van der Waals surface area contributed by atoms with Crippen LogP contribution < -0.4 is 0 Å². The van der Waals surface area contributed by atoms with Crippen molar-refractivity contribution in [3.8, 4) is 0 Å². The maximum Gasteiger partial charge on any atom is 0.303 e. The van der Waals surface area contributed by atoms with E-state index in [2.05, 4.69) is 30.3 Å². The van der Waals surface area contributed by atoms with Gasteiger partial charge in [-0.2, -0.15) is 0 Å². The van der Waals surface area contributed by atoms with E-state index in [0.717, 1.165) is 43.7 Å².